The second-order valence-electron chi connectivity index (χ2n) is 7.44. The molecule has 1 heterocycles. The normalized spacial score (nSPS) is 14.1. The molecule has 1 fully saturated rings. The van der Waals surface area contributed by atoms with Crippen molar-refractivity contribution in [2.24, 2.45) is 0 Å². The van der Waals surface area contributed by atoms with Gasteiger partial charge in [-0.2, -0.15) is 0 Å². The minimum atomic E-state index is -0.532. The maximum Gasteiger partial charge on any atom is 0.282 e. The number of carbonyl (C=O) groups excluding carboxylic acids is 2. The van der Waals surface area contributed by atoms with E-state index in [4.69, 9.17) is 14.2 Å². The molecule has 0 bridgehead atoms. The van der Waals surface area contributed by atoms with Crippen LogP contribution in [0.25, 0.3) is 6.08 Å². The SMILES string of the molecule is COc1cc(C=C2C(=O)NN(c3ccccc3)C2=O)cc(OC)c1OCc1ccc([N+](=O)[O-])cc1. The van der Waals surface area contributed by atoms with Crippen molar-refractivity contribution < 1.29 is 28.7 Å². The van der Waals surface area contributed by atoms with E-state index in [-0.39, 0.29) is 17.9 Å². The molecule has 3 aromatic carbocycles. The van der Waals surface area contributed by atoms with Crippen molar-refractivity contribution in [2.75, 3.05) is 19.2 Å². The zero-order chi connectivity index (χ0) is 24.9. The number of amides is 2. The molecule has 10 heteroatoms. The number of methoxy groups -OCH3 is 2. The summed E-state index contributed by atoms with van der Waals surface area (Å²) >= 11 is 0. The van der Waals surface area contributed by atoms with Crippen molar-refractivity contribution >= 4 is 29.3 Å². The van der Waals surface area contributed by atoms with E-state index in [1.54, 1.807) is 48.5 Å². The van der Waals surface area contributed by atoms with Gasteiger partial charge in [-0.25, -0.2) is 5.01 Å². The molecule has 35 heavy (non-hydrogen) atoms. The fraction of sp³-hybridized carbons (Fsp3) is 0.120. The number of non-ortho nitro benzene ring substituents is 1. The molecule has 0 unspecified atom stereocenters. The number of para-hydroxylation sites is 1. The van der Waals surface area contributed by atoms with Gasteiger partial charge in [-0.05, 0) is 53.6 Å². The van der Waals surface area contributed by atoms with E-state index in [9.17, 15) is 19.7 Å². The Morgan fingerprint density at radius 2 is 1.60 bits per heavy atom. The van der Waals surface area contributed by atoms with Crippen LogP contribution in [0.5, 0.6) is 17.2 Å². The predicted octanol–water partition coefficient (Wildman–Crippen LogP) is 3.65. The largest absolute Gasteiger partial charge is 0.493 e. The first kappa shape index (κ1) is 23.3. The van der Waals surface area contributed by atoms with Gasteiger partial charge in [-0.15, -0.1) is 0 Å². The molecule has 0 spiro atoms. The van der Waals surface area contributed by atoms with Gasteiger partial charge in [0.05, 0.1) is 24.8 Å². The topological polar surface area (TPSA) is 120 Å². The molecule has 0 aliphatic carbocycles. The lowest BCUT2D eigenvalue weighted by Crippen LogP contribution is -2.35. The van der Waals surface area contributed by atoms with Crippen LogP contribution in [0, 0.1) is 10.1 Å². The third kappa shape index (κ3) is 4.91. The number of nitrogens with zero attached hydrogens (tertiary/aromatic N) is 2. The minimum absolute atomic E-state index is 0.0161. The zero-order valence-electron chi connectivity index (χ0n) is 18.9. The van der Waals surface area contributed by atoms with Crippen LogP contribution in [0.4, 0.5) is 11.4 Å². The first-order valence-corrected chi connectivity index (χ1v) is 10.5. The molecule has 2 amide bonds. The maximum absolute atomic E-state index is 12.9. The third-order valence-electron chi connectivity index (χ3n) is 5.23. The molecule has 1 N–H and O–H groups in total. The summed E-state index contributed by atoms with van der Waals surface area (Å²) < 4.78 is 16.8. The van der Waals surface area contributed by atoms with Crippen LogP contribution in [0.15, 0.2) is 72.3 Å². The van der Waals surface area contributed by atoms with E-state index in [0.717, 1.165) is 0 Å². The van der Waals surface area contributed by atoms with Crippen molar-refractivity contribution in [2.45, 2.75) is 6.61 Å². The number of ether oxygens (including phenoxy) is 3. The number of nitro benzene ring substituents is 1. The number of nitro groups is 1. The van der Waals surface area contributed by atoms with E-state index < -0.39 is 16.7 Å². The number of benzene rings is 3. The van der Waals surface area contributed by atoms with Crippen LogP contribution in [0.1, 0.15) is 11.1 Å². The van der Waals surface area contributed by atoms with Crippen LogP contribution in [0.3, 0.4) is 0 Å². The number of hydrazine groups is 1. The van der Waals surface area contributed by atoms with Crippen molar-refractivity contribution in [3.05, 3.63) is 93.5 Å². The van der Waals surface area contributed by atoms with Crippen LogP contribution in [-0.2, 0) is 16.2 Å². The van der Waals surface area contributed by atoms with E-state index >= 15 is 0 Å². The van der Waals surface area contributed by atoms with Gasteiger partial charge < -0.3 is 14.2 Å². The average Bonchev–Trinajstić information content (AvgIpc) is 3.16. The van der Waals surface area contributed by atoms with Gasteiger partial charge in [0.15, 0.2) is 11.5 Å². The van der Waals surface area contributed by atoms with Crippen LogP contribution in [0.2, 0.25) is 0 Å². The smallest absolute Gasteiger partial charge is 0.282 e. The molecule has 0 aromatic heterocycles. The fourth-order valence-electron chi connectivity index (χ4n) is 3.48. The number of hydrogen-bond donors (Lipinski definition) is 1. The van der Waals surface area contributed by atoms with E-state index in [1.807, 2.05) is 6.07 Å². The van der Waals surface area contributed by atoms with Crippen LogP contribution < -0.4 is 24.6 Å². The van der Waals surface area contributed by atoms with Gasteiger partial charge in [0, 0.05) is 12.1 Å². The summed E-state index contributed by atoms with van der Waals surface area (Å²) in [4.78, 5) is 35.7. The highest BCUT2D eigenvalue weighted by atomic mass is 16.6. The second-order valence-corrected chi connectivity index (χ2v) is 7.44. The Hall–Kier alpha value is -4.86. The lowest BCUT2D eigenvalue weighted by Gasteiger charge is -2.15. The van der Waals surface area contributed by atoms with Gasteiger partial charge in [0.2, 0.25) is 5.75 Å². The summed E-state index contributed by atoms with van der Waals surface area (Å²) in [5.74, 6) is -0.0655. The molecule has 1 aliphatic rings. The Balaban J connectivity index is 1.59. The highest BCUT2D eigenvalue weighted by molar-refractivity contribution is 6.31. The molecular weight excluding hydrogens is 454 g/mol. The first-order valence-electron chi connectivity index (χ1n) is 10.5. The summed E-state index contributed by atoms with van der Waals surface area (Å²) in [6.07, 6.45) is 1.45. The number of anilines is 1. The number of rotatable bonds is 8. The number of nitrogens with one attached hydrogen (secondary N) is 1. The average molecular weight is 475 g/mol. The Morgan fingerprint density at radius 3 is 2.17 bits per heavy atom. The summed E-state index contributed by atoms with van der Waals surface area (Å²) in [7, 11) is 2.91. The fourth-order valence-corrected chi connectivity index (χ4v) is 3.48. The first-order chi connectivity index (χ1) is 16.9. The van der Waals surface area contributed by atoms with Gasteiger partial charge in [-0.3, -0.25) is 25.1 Å². The van der Waals surface area contributed by atoms with Crippen molar-refractivity contribution in [3.8, 4) is 17.2 Å². The van der Waals surface area contributed by atoms with Crippen molar-refractivity contribution in [1.82, 2.24) is 5.43 Å². The summed E-state index contributed by atoms with van der Waals surface area (Å²) in [6, 6.07) is 18.0. The van der Waals surface area contributed by atoms with Crippen LogP contribution >= 0.6 is 0 Å². The summed E-state index contributed by atoms with van der Waals surface area (Å²) in [5, 5.41) is 12.0. The predicted molar refractivity (Wildman–Crippen MR) is 127 cm³/mol. The molecule has 0 saturated carbocycles. The van der Waals surface area contributed by atoms with E-state index in [2.05, 4.69) is 5.43 Å². The minimum Gasteiger partial charge on any atom is -0.493 e. The van der Waals surface area contributed by atoms with E-state index in [0.29, 0.717) is 34.1 Å². The van der Waals surface area contributed by atoms with Crippen molar-refractivity contribution in [1.29, 1.82) is 0 Å². The Labute approximate surface area is 200 Å². The lowest BCUT2D eigenvalue weighted by atomic mass is 10.1. The molecule has 10 nitrogen and oxygen atoms in total. The zero-order valence-corrected chi connectivity index (χ0v) is 18.9. The van der Waals surface area contributed by atoms with Crippen molar-refractivity contribution in [3.63, 3.8) is 0 Å². The molecule has 3 aromatic rings. The molecule has 1 aliphatic heterocycles. The molecule has 4 rings (SSSR count). The van der Waals surface area contributed by atoms with E-state index in [1.165, 1.54) is 37.4 Å². The third-order valence-corrected chi connectivity index (χ3v) is 5.23. The number of carbonyl (C=O) groups is 2. The standard InChI is InChI=1S/C25H21N3O7/c1-33-21-13-17(12-20-24(29)26-27(25(20)30)18-6-4-3-5-7-18)14-22(34-2)23(21)35-15-16-8-10-19(11-9-16)28(31)32/h3-14H,15H2,1-2H3,(H,26,29). The lowest BCUT2D eigenvalue weighted by molar-refractivity contribution is -0.384. The Kier molecular flexibility index (Phi) is 6.63. The molecule has 178 valence electrons. The second kappa shape index (κ2) is 9.96. The Bertz CT molecular complexity index is 1280. The quantitative estimate of drug-likeness (QED) is 0.228. The molecule has 0 atom stereocenters. The van der Waals surface area contributed by atoms with Gasteiger partial charge >= 0.3 is 0 Å². The monoisotopic (exact) mass is 475 g/mol. The summed E-state index contributed by atoms with van der Waals surface area (Å²) in [6.45, 7) is 0.109. The highest BCUT2D eigenvalue weighted by Gasteiger charge is 2.34. The van der Waals surface area contributed by atoms with Crippen LogP contribution in [-0.4, -0.2) is 31.0 Å². The van der Waals surface area contributed by atoms with Gasteiger partial charge in [0.1, 0.15) is 12.2 Å². The van der Waals surface area contributed by atoms with Gasteiger partial charge in [-0.1, -0.05) is 18.2 Å². The maximum atomic E-state index is 12.9. The molecular formula is C25H21N3O7. The molecule has 1 saturated heterocycles. The Morgan fingerprint density at radius 1 is 0.971 bits per heavy atom. The van der Waals surface area contributed by atoms with Gasteiger partial charge in [0.25, 0.3) is 17.5 Å². The number of hydrogen-bond acceptors (Lipinski definition) is 7. The molecule has 0 radical (unpaired) electrons. The summed E-state index contributed by atoms with van der Waals surface area (Å²) in [5.41, 5.74) is 4.24. The highest BCUT2D eigenvalue weighted by Crippen LogP contribution is 2.40.